The minimum Gasteiger partial charge on any atom is -0.0906 e. The Morgan fingerprint density at radius 1 is 1.00 bits per heavy atom. The van der Waals surface area contributed by atoms with Gasteiger partial charge in [0.1, 0.15) is 0 Å². The van der Waals surface area contributed by atoms with E-state index in [1.807, 2.05) is 25.1 Å². The van der Waals surface area contributed by atoms with Crippen LogP contribution < -0.4 is 0 Å². The molecule has 18 heavy (non-hydrogen) atoms. The van der Waals surface area contributed by atoms with Crippen molar-refractivity contribution < 1.29 is 0 Å². The van der Waals surface area contributed by atoms with Crippen molar-refractivity contribution in [1.82, 2.24) is 0 Å². The summed E-state index contributed by atoms with van der Waals surface area (Å²) >= 11 is 0. The van der Waals surface area contributed by atoms with Gasteiger partial charge in [0.25, 0.3) is 0 Å². The second-order valence-corrected chi connectivity index (χ2v) is 4.32. The van der Waals surface area contributed by atoms with E-state index < -0.39 is 0 Å². The minimum atomic E-state index is -0.00225. The third-order valence-electron chi connectivity index (χ3n) is 2.84. The molecular weight excluding hydrogens is 222 g/mol. The molecule has 2 aromatic rings. The highest BCUT2D eigenvalue weighted by molar-refractivity contribution is 5.63. The van der Waals surface area contributed by atoms with Crippen molar-refractivity contribution >= 4 is 0 Å². The van der Waals surface area contributed by atoms with Gasteiger partial charge in [-0.05, 0) is 28.6 Å². The summed E-state index contributed by atoms with van der Waals surface area (Å²) < 4.78 is 0. The Bertz CT molecular complexity index is 540. The molecule has 0 spiro atoms. The maximum Gasteiger partial charge on any atom is 0.0386 e. The van der Waals surface area contributed by atoms with Crippen LogP contribution in [-0.2, 0) is 6.42 Å². The van der Waals surface area contributed by atoms with E-state index in [2.05, 4.69) is 46.4 Å². The Balaban J connectivity index is 2.13. The largest absolute Gasteiger partial charge is 0.0906 e. The lowest BCUT2D eigenvalue weighted by Gasteiger charge is -2.06. The van der Waals surface area contributed by atoms with Crippen molar-refractivity contribution in [3.8, 4) is 11.1 Å². The van der Waals surface area contributed by atoms with Gasteiger partial charge < -0.3 is 0 Å². The molecule has 90 valence electrons. The second-order valence-electron chi connectivity index (χ2n) is 4.32. The summed E-state index contributed by atoms with van der Waals surface area (Å²) in [6.45, 7) is 1.92. The predicted molar refractivity (Wildman–Crippen MR) is 74.2 cm³/mol. The van der Waals surface area contributed by atoms with Gasteiger partial charge >= 0.3 is 0 Å². The van der Waals surface area contributed by atoms with Gasteiger partial charge in [-0.2, -0.15) is 0 Å². The number of hydrogen-bond acceptors (Lipinski definition) is 1. The van der Waals surface area contributed by atoms with Crippen LogP contribution in [0.2, 0.25) is 0 Å². The molecule has 0 amide bonds. The van der Waals surface area contributed by atoms with E-state index >= 15 is 0 Å². The highest BCUT2D eigenvalue weighted by atomic mass is 15.1. The summed E-state index contributed by atoms with van der Waals surface area (Å²) in [5.41, 5.74) is 12.0. The molecule has 0 aliphatic heterocycles. The standard InChI is InChI=1S/C15H15N3/c1-12(17-18-16)11-13-7-9-15(10-8-13)14-5-3-2-4-6-14/h2-10,12H,11H2,1H3. The zero-order valence-corrected chi connectivity index (χ0v) is 10.3. The lowest BCUT2D eigenvalue weighted by atomic mass is 10.0. The van der Waals surface area contributed by atoms with Crippen LogP contribution in [0.15, 0.2) is 59.7 Å². The molecule has 3 heteroatoms. The van der Waals surface area contributed by atoms with Crippen molar-refractivity contribution in [2.75, 3.05) is 0 Å². The Labute approximate surface area is 107 Å². The van der Waals surface area contributed by atoms with Gasteiger partial charge in [-0.25, -0.2) is 0 Å². The molecule has 2 rings (SSSR count). The molecule has 0 aliphatic carbocycles. The fourth-order valence-corrected chi connectivity index (χ4v) is 1.93. The first kappa shape index (κ1) is 12.2. The molecule has 0 N–H and O–H groups in total. The van der Waals surface area contributed by atoms with Crippen LogP contribution >= 0.6 is 0 Å². The number of rotatable bonds is 4. The first-order valence-electron chi connectivity index (χ1n) is 5.98. The zero-order chi connectivity index (χ0) is 12.8. The van der Waals surface area contributed by atoms with Gasteiger partial charge in [0, 0.05) is 11.0 Å². The van der Waals surface area contributed by atoms with Gasteiger partial charge in [0.05, 0.1) is 0 Å². The summed E-state index contributed by atoms with van der Waals surface area (Å²) in [4.78, 5) is 2.82. The Morgan fingerprint density at radius 2 is 1.61 bits per heavy atom. The van der Waals surface area contributed by atoms with Crippen LogP contribution in [-0.4, -0.2) is 6.04 Å². The number of benzene rings is 2. The molecule has 0 aliphatic rings. The summed E-state index contributed by atoms with van der Waals surface area (Å²) in [6.07, 6.45) is 0.777. The van der Waals surface area contributed by atoms with Crippen molar-refractivity contribution in [2.24, 2.45) is 5.11 Å². The maximum absolute atomic E-state index is 8.37. The maximum atomic E-state index is 8.37. The van der Waals surface area contributed by atoms with Crippen LogP contribution in [0.4, 0.5) is 0 Å². The molecule has 0 aromatic heterocycles. The molecule has 1 atom stereocenters. The first-order chi connectivity index (χ1) is 8.79. The van der Waals surface area contributed by atoms with Gasteiger partial charge in [-0.15, -0.1) is 0 Å². The van der Waals surface area contributed by atoms with E-state index in [-0.39, 0.29) is 6.04 Å². The van der Waals surface area contributed by atoms with Crippen molar-refractivity contribution in [3.05, 3.63) is 70.6 Å². The predicted octanol–water partition coefficient (Wildman–Crippen LogP) is 4.59. The van der Waals surface area contributed by atoms with Gasteiger partial charge in [0.15, 0.2) is 0 Å². The highest BCUT2D eigenvalue weighted by Gasteiger charge is 2.01. The summed E-state index contributed by atoms with van der Waals surface area (Å²) in [7, 11) is 0. The fourth-order valence-electron chi connectivity index (χ4n) is 1.93. The van der Waals surface area contributed by atoms with E-state index in [4.69, 9.17) is 5.53 Å². The van der Waals surface area contributed by atoms with Gasteiger partial charge in [0.2, 0.25) is 0 Å². The van der Waals surface area contributed by atoms with Gasteiger partial charge in [-0.3, -0.25) is 0 Å². The van der Waals surface area contributed by atoms with Crippen molar-refractivity contribution in [2.45, 2.75) is 19.4 Å². The normalized spacial score (nSPS) is 11.6. The van der Waals surface area contributed by atoms with Crippen LogP contribution in [0.25, 0.3) is 21.6 Å². The Morgan fingerprint density at radius 3 is 2.22 bits per heavy atom. The van der Waals surface area contributed by atoms with Crippen LogP contribution in [0, 0.1) is 0 Å². The molecule has 0 heterocycles. The minimum absolute atomic E-state index is 0.00225. The monoisotopic (exact) mass is 237 g/mol. The lowest BCUT2D eigenvalue weighted by molar-refractivity contribution is 0.731. The average Bonchev–Trinajstić information content (AvgIpc) is 2.41. The van der Waals surface area contributed by atoms with Crippen LogP contribution in [0.5, 0.6) is 0 Å². The third-order valence-corrected chi connectivity index (χ3v) is 2.84. The molecule has 0 saturated carbocycles. The summed E-state index contributed by atoms with van der Waals surface area (Å²) in [5.74, 6) is 0. The number of hydrogen-bond donors (Lipinski definition) is 0. The molecule has 0 fully saturated rings. The first-order valence-corrected chi connectivity index (χ1v) is 5.98. The summed E-state index contributed by atoms with van der Waals surface area (Å²) in [5, 5.41) is 3.68. The SMILES string of the molecule is CC(Cc1ccc(-c2ccccc2)cc1)N=[N+]=[N-]. The molecule has 0 saturated heterocycles. The molecule has 0 radical (unpaired) electrons. The molecular formula is C15H15N3. The number of nitrogens with zero attached hydrogens (tertiary/aromatic N) is 3. The Kier molecular flexibility index (Phi) is 4.00. The number of azide groups is 1. The zero-order valence-electron chi connectivity index (χ0n) is 10.3. The molecule has 0 bridgehead atoms. The molecule has 1 unspecified atom stereocenters. The van der Waals surface area contributed by atoms with Crippen LogP contribution in [0.1, 0.15) is 12.5 Å². The van der Waals surface area contributed by atoms with E-state index in [0.29, 0.717) is 0 Å². The quantitative estimate of drug-likeness (QED) is 0.424. The summed E-state index contributed by atoms with van der Waals surface area (Å²) in [6, 6.07) is 18.7. The topological polar surface area (TPSA) is 48.8 Å². The Hall–Kier alpha value is -2.25. The highest BCUT2D eigenvalue weighted by Crippen LogP contribution is 2.19. The van der Waals surface area contributed by atoms with E-state index in [1.165, 1.54) is 16.7 Å². The third kappa shape index (κ3) is 3.12. The molecule has 2 aromatic carbocycles. The smallest absolute Gasteiger partial charge is 0.0386 e. The molecule has 3 nitrogen and oxygen atoms in total. The fraction of sp³-hybridized carbons (Fsp3) is 0.200. The van der Waals surface area contributed by atoms with Crippen molar-refractivity contribution in [1.29, 1.82) is 0 Å². The average molecular weight is 237 g/mol. The van der Waals surface area contributed by atoms with E-state index in [0.717, 1.165) is 6.42 Å². The van der Waals surface area contributed by atoms with E-state index in [1.54, 1.807) is 0 Å². The lowest BCUT2D eigenvalue weighted by Crippen LogP contribution is -2.01. The van der Waals surface area contributed by atoms with Gasteiger partial charge in [-0.1, -0.05) is 66.6 Å². The van der Waals surface area contributed by atoms with Crippen molar-refractivity contribution in [3.63, 3.8) is 0 Å². The van der Waals surface area contributed by atoms with Crippen LogP contribution in [0.3, 0.4) is 0 Å². The second kappa shape index (κ2) is 5.89. The van der Waals surface area contributed by atoms with E-state index in [9.17, 15) is 0 Å².